The van der Waals surface area contributed by atoms with Crippen molar-refractivity contribution >= 4 is 18.3 Å². The molecule has 1 atom stereocenters. The molecule has 0 saturated carbocycles. The van der Waals surface area contributed by atoms with E-state index >= 15 is 0 Å². The Balaban J connectivity index is 0.00000264. The maximum atomic E-state index is 12.0. The lowest BCUT2D eigenvalue weighted by Gasteiger charge is -2.22. The molecule has 0 bridgehead atoms. The van der Waals surface area contributed by atoms with E-state index in [0.29, 0.717) is 19.3 Å². The van der Waals surface area contributed by atoms with Gasteiger partial charge in [-0.1, -0.05) is 29.8 Å². The topological polar surface area (TPSA) is 73.6 Å². The summed E-state index contributed by atoms with van der Waals surface area (Å²) in [6, 6.07) is 7.10. The molecule has 6 heteroatoms. The number of nitrogens with two attached hydrogens (primary N) is 1. The third-order valence-electron chi connectivity index (χ3n) is 3.86. The second-order valence-corrected chi connectivity index (χ2v) is 5.72. The van der Waals surface area contributed by atoms with E-state index in [1.54, 1.807) is 0 Å². The Kier molecular flexibility index (Phi) is 9.17. The lowest BCUT2D eigenvalue weighted by molar-refractivity contribution is -0.122. The number of ether oxygens (including phenoxy) is 2. The van der Waals surface area contributed by atoms with E-state index in [-0.39, 0.29) is 18.3 Å². The minimum atomic E-state index is -0.614. The SMILES string of the molecule is Cc1ccc(C(N)C(=O)NCCCOC2CCOCC2)cc1.Cl. The Labute approximate surface area is 144 Å². The maximum Gasteiger partial charge on any atom is 0.241 e. The number of hydrogen-bond acceptors (Lipinski definition) is 4. The zero-order chi connectivity index (χ0) is 15.8. The van der Waals surface area contributed by atoms with Gasteiger partial charge in [0, 0.05) is 26.4 Å². The van der Waals surface area contributed by atoms with Crippen molar-refractivity contribution in [2.75, 3.05) is 26.4 Å². The molecular weight excluding hydrogens is 316 g/mol. The van der Waals surface area contributed by atoms with Crippen LogP contribution in [0.3, 0.4) is 0 Å². The molecule has 1 unspecified atom stereocenters. The van der Waals surface area contributed by atoms with Gasteiger partial charge in [-0.15, -0.1) is 12.4 Å². The summed E-state index contributed by atoms with van der Waals surface area (Å²) in [5, 5.41) is 2.86. The summed E-state index contributed by atoms with van der Waals surface area (Å²) >= 11 is 0. The summed E-state index contributed by atoms with van der Waals surface area (Å²) in [4.78, 5) is 12.0. The molecule has 5 nitrogen and oxygen atoms in total. The van der Waals surface area contributed by atoms with Crippen LogP contribution in [-0.4, -0.2) is 38.4 Å². The van der Waals surface area contributed by atoms with Crippen molar-refractivity contribution < 1.29 is 14.3 Å². The number of carbonyl (C=O) groups is 1. The van der Waals surface area contributed by atoms with E-state index < -0.39 is 6.04 Å². The molecule has 1 heterocycles. The standard InChI is InChI=1S/C17H26N2O3.ClH/c1-13-3-5-14(6-4-13)16(18)17(20)19-9-2-10-22-15-7-11-21-12-8-15;/h3-6,15-16H,2,7-12,18H2,1H3,(H,19,20);1H. The quantitative estimate of drug-likeness (QED) is 0.744. The van der Waals surface area contributed by atoms with E-state index in [4.69, 9.17) is 15.2 Å². The van der Waals surface area contributed by atoms with Crippen LogP contribution in [0.2, 0.25) is 0 Å². The molecule has 23 heavy (non-hydrogen) atoms. The van der Waals surface area contributed by atoms with Gasteiger partial charge >= 0.3 is 0 Å². The van der Waals surface area contributed by atoms with Crippen molar-refractivity contribution in [1.29, 1.82) is 0 Å². The van der Waals surface area contributed by atoms with Crippen LogP contribution in [-0.2, 0) is 14.3 Å². The molecule has 1 aliphatic rings. The number of hydrogen-bond donors (Lipinski definition) is 2. The molecule has 2 rings (SSSR count). The number of carbonyl (C=O) groups excluding carboxylic acids is 1. The first-order valence-electron chi connectivity index (χ1n) is 7.96. The minimum Gasteiger partial charge on any atom is -0.381 e. The van der Waals surface area contributed by atoms with Gasteiger partial charge in [0.2, 0.25) is 5.91 Å². The number of halogens is 1. The van der Waals surface area contributed by atoms with Crippen LogP contribution in [0.4, 0.5) is 0 Å². The van der Waals surface area contributed by atoms with Gasteiger partial charge in [0.1, 0.15) is 6.04 Å². The molecule has 0 aromatic heterocycles. The van der Waals surface area contributed by atoms with Gasteiger partial charge in [-0.2, -0.15) is 0 Å². The number of aryl methyl sites for hydroxylation is 1. The molecule has 1 aromatic rings. The fourth-order valence-corrected chi connectivity index (χ4v) is 2.41. The van der Waals surface area contributed by atoms with Crippen molar-refractivity contribution in [2.45, 2.75) is 38.3 Å². The van der Waals surface area contributed by atoms with E-state index in [1.165, 1.54) is 0 Å². The fraction of sp³-hybridized carbons (Fsp3) is 0.588. The van der Waals surface area contributed by atoms with Gasteiger partial charge in [-0.3, -0.25) is 4.79 Å². The molecular formula is C17H27ClN2O3. The van der Waals surface area contributed by atoms with Crippen molar-refractivity contribution in [3.05, 3.63) is 35.4 Å². The lowest BCUT2D eigenvalue weighted by atomic mass is 10.1. The van der Waals surface area contributed by atoms with E-state index in [0.717, 1.165) is 43.6 Å². The molecule has 0 radical (unpaired) electrons. The minimum absolute atomic E-state index is 0. The Bertz CT molecular complexity index is 461. The molecule has 1 saturated heterocycles. The highest BCUT2D eigenvalue weighted by Gasteiger charge is 2.16. The molecule has 1 fully saturated rings. The zero-order valence-corrected chi connectivity index (χ0v) is 14.4. The van der Waals surface area contributed by atoms with Crippen LogP contribution in [0.25, 0.3) is 0 Å². The Morgan fingerprint density at radius 1 is 1.35 bits per heavy atom. The smallest absolute Gasteiger partial charge is 0.241 e. The van der Waals surface area contributed by atoms with E-state index in [1.807, 2.05) is 31.2 Å². The van der Waals surface area contributed by atoms with Crippen LogP contribution in [0.5, 0.6) is 0 Å². The number of benzene rings is 1. The predicted octanol–water partition coefficient (Wildman–Crippen LogP) is 2.12. The molecule has 3 N–H and O–H groups in total. The van der Waals surface area contributed by atoms with Gasteiger partial charge in [0.05, 0.1) is 6.10 Å². The van der Waals surface area contributed by atoms with Crippen LogP contribution >= 0.6 is 12.4 Å². The monoisotopic (exact) mass is 342 g/mol. The van der Waals surface area contributed by atoms with Gasteiger partial charge in [0.25, 0.3) is 0 Å². The van der Waals surface area contributed by atoms with Gasteiger partial charge in [0.15, 0.2) is 0 Å². The number of nitrogens with one attached hydrogen (secondary N) is 1. The van der Waals surface area contributed by atoms with Crippen LogP contribution < -0.4 is 11.1 Å². The van der Waals surface area contributed by atoms with Crippen LogP contribution in [0.15, 0.2) is 24.3 Å². The van der Waals surface area contributed by atoms with Gasteiger partial charge in [-0.25, -0.2) is 0 Å². The first kappa shape index (κ1) is 19.9. The maximum absolute atomic E-state index is 12.0. The summed E-state index contributed by atoms with van der Waals surface area (Å²) in [6.45, 7) is 4.82. The summed E-state index contributed by atoms with van der Waals surface area (Å²) < 4.78 is 11.0. The average molecular weight is 343 g/mol. The molecule has 130 valence electrons. The largest absolute Gasteiger partial charge is 0.381 e. The Morgan fingerprint density at radius 3 is 2.65 bits per heavy atom. The van der Waals surface area contributed by atoms with Crippen molar-refractivity contribution in [3.63, 3.8) is 0 Å². The Morgan fingerprint density at radius 2 is 2.00 bits per heavy atom. The average Bonchev–Trinajstić information content (AvgIpc) is 2.55. The molecule has 1 amide bonds. The summed E-state index contributed by atoms with van der Waals surface area (Å²) in [6.07, 6.45) is 3.03. The van der Waals surface area contributed by atoms with Crippen molar-refractivity contribution in [2.24, 2.45) is 5.73 Å². The first-order chi connectivity index (χ1) is 10.7. The van der Waals surface area contributed by atoms with Crippen molar-refractivity contribution in [1.82, 2.24) is 5.32 Å². The van der Waals surface area contributed by atoms with Crippen LogP contribution in [0, 0.1) is 6.92 Å². The van der Waals surface area contributed by atoms with Crippen LogP contribution in [0.1, 0.15) is 36.4 Å². The van der Waals surface area contributed by atoms with E-state index in [2.05, 4.69) is 5.32 Å². The summed E-state index contributed by atoms with van der Waals surface area (Å²) in [5.74, 6) is -0.144. The van der Waals surface area contributed by atoms with Gasteiger partial charge < -0.3 is 20.5 Å². The highest BCUT2D eigenvalue weighted by atomic mass is 35.5. The fourth-order valence-electron chi connectivity index (χ4n) is 2.41. The number of amides is 1. The lowest BCUT2D eigenvalue weighted by Crippen LogP contribution is -2.35. The molecule has 0 aliphatic carbocycles. The molecule has 0 spiro atoms. The third kappa shape index (κ3) is 6.87. The van der Waals surface area contributed by atoms with Gasteiger partial charge in [-0.05, 0) is 31.7 Å². The second kappa shape index (κ2) is 10.6. The zero-order valence-electron chi connectivity index (χ0n) is 13.6. The predicted molar refractivity (Wildman–Crippen MR) is 92.8 cm³/mol. The Hall–Kier alpha value is -1.14. The first-order valence-corrected chi connectivity index (χ1v) is 7.96. The molecule has 1 aliphatic heterocycles. The highest BCUT2D eigenvalue weighted by molar-refractivity contribution is 5.85. The number of rotatable bonds is 7. The molecule has 1 aromatic carbocycles. The highest BCUT2D eigenvalue weighted by Crippen LogP contribution is 2.12. The third-order valence-corrected chi connectivity index (χ3v) is 3.86. The van der Waals surface area contributed by atoms with E-state index in [9.17, 15) is 4.79 Å². The summed E-state index contributed by atoms with van der Waals surface area (Å²) in [7, 11) is 0. The normalized spacial score (nSPS) is 16.4. The van der Waals surface area contributed by atoms with Crippen molar-refractivity contribution in [3.8, 4) is 0 Å². The second-order valence-electron chi connectivity index (χ2n) is 5.72. The summed E-state index contributed by atoms with van der Waals surface area (Å²) in [5.41, 5.74) is 7.95.